The van der Waals surface area contributed by atoms with Crippen LogP contribution in [0.2, 0.25) is 5.02 Å². The van der Waals surface area contributed by atoms with Crippen LogP contribution in [0.3, 0.4) is 0 Å². The van der Waals surface area contributed by atoms with E-state index in [1.807, 2.05) is 0 Å². The van der Waals surface area contributed by atoms with E-state index in [1.165, 1.54) is 18.9 Å². The van der Waals surface area contributed by atoms with Gasteiger partial charge in [-0.2, -0.15) is 0 Å². The molecule has 1 aliphatic rings. The Labute approximate surface area is 106 Å². The second-order valence-electron chi connectivity index (χ2n) is 4.81. The summed E-state index contributed by atoms with van der Waals surface area (Å²) in [5, 5.41) is 0.370. The lowest BCUT2D eigenvalue weighted by Crippen LogP contribution is -2.09. The van der Waals surface area contributed by atoms with Crippen molar-refractivity contribution in [2.45, 2.75) is 38.5 Å². The second kappa shape index (κ2) is 5.63. The summed E-state index contributed by atoms with van der Waals surface area (Å²) in [5.74, 6) is 0.285. The van der Waals surface area contributed by atoms with Crippen LogP contribution in [0.5, 0.6) is 0 Å². The standard InChI is InChI=1S/C14H16ClFO/c15-12-6-5-11(14(16)9-12)8-13(17)7-10-3-1-2-4-10/h5-6,9-10H,1-4,7-8H2. The molecular weight excluding hydrogens is 239 g/mol. The van der Waals surface area contributed by atoms with Gasteiger partial charge in [-0.05, 0) is 23.6 Å². The monoisotopic (exact) mass is 254 g/mol. The number of ketones is 1. The van der Waals surface area contributed by atoms with Gasteiger partial charge in [0.25, 0.3) is 0 Å². The van der Waals surface area contributed by atoms with Gasteiger partial charge in [0.1, 0.15) is 11.6 Å². The van der Waals surface area contributed by atoms with Gasteiger partial charge in [-0.3, -0.25) is 4.79 Å². The maximum absolute atomic E-state index is 13.5. The van der Waals surface area contributed by atoms with E-state index < -0.39 is 0 Å². The molecule has 0 spiro atoms. The molecule has 1 aromatic rings. The highest BCUT2D eigenvalue weighted by atomic mass is 35.5. The van der Waals surface area contributed by atoms with Crippen molar-refractivity contribution in [1.29, 1.82) is 0 Å². The largest absolute Gasteiger partial charge is 0.299 e. The molecule has 1 saturated carbocycles. The molecule has 0 N–H and O–H groups in total. The van der Waals surface area contributed by atoms with Gasteiger partial charge in [0.2, 0.25) is 0 Å². The van der Waals surface area contributed by atoms with E-state index in [0.717, 1.165) is 12.8 Å². The summed E-state index contributed by atoms with van der Waals surface area (Å²) in [4.78, 5) is 11.8. The van der Waals surface area contributed by atoms with Crippen molar-refractivity contribution in [3.05, 3.63) is 34.6 Å². The molecule has 0 amide bonds. The molecule has 0 saturated heterocycles. The molecule has 0 aliphatic heterocycles. The maximum atomic E-state index is 13.5. The van der Waals surface area contributed by atoms with E-state index in [2.05, 4.69) is 0 Å². The Balaban J connectivity index is 1.93. The molecule has 0 heterocycles. The van der Waals surface area contributed by atoms with Crippen LogP contribution in [0.25, 0.3) is 0 Å². The Morgan fingerprint density at radius 1 is 1.35 bits per heavy atom. The van der Waals surface area contributed by atoms with Gasteiger partial charge in [0, 0.05) is 17.9 Å². The summed E-state index contributed by atoms with van der Waals surface area (Å²) in [7, 11) is 0. The number of carbonyl (C=O) groups excluding carboxylic acids is 1. The lowest BCUT2D eigenvalue weighted by Gasteiger charge is -2.08. The van der Waals surface area contributed by atoms with Gasteiger partial charge >= 0.3 is 0 Å². The zero-order chi connectivity index (χ0) is 12.3. The summed E-state index contributed by atoms with van der Waals surface area (Å²) in [6.45, 7) is 0. The van der Waals surface area contributed by atoms with E-state index in [4.69, 9.17) is 11.6 Å². The van der Waals surface area contributed by atoms with Crippen LogP contribution in [0, 0.1) is 11.7 Å². The summed E-state index contributed by atoms with van der Waals surface area (Å²) < 4.78 is 13.5. The van der Waals surface area contributed by atoms with E-state index in [1.54, 1.807) is 12.1 Å². The molecule has 92 valence electrons. The van der Waals surface area contributed by atoms with Crippen molar-refractivity contribution in [3.63, 3.8) is 0 Å². The predicted molar refractivity (Wildman–Crippen MR) is 66.7 cm³/mol. The van der Waals surface area contributed by atoms with Gasteiger partial charge in [0.15, 0.2) is 0 Å². The third-order valence-electron chi connectivity index (χ3n) is 3.39. The minimum Gasteiger partial charge on any atom is -0.299 e. The maximum Gasteiger partial charge on any atom is 0.137 e. The van der Waals surface area contributed by atoms with Gasteiger partial charge in [-0.25, -0.2) is 4.39 Å². The van der Waals surface area contributed by atoms with Crippen molar-refractivity contribution in [2.24, 2.45) is 5.92 Å². The van der Waals surface area contributed by atoms with Crippen LogP contribution in [0.1, 0.15) is 37.7 Å². The zero-order valence-corrected chi connectivity index (χ0v) is 10.5. The Morgan fingerprint density at radius 3 is 2.71 bits per heavy atom. The molecule has 0 aromatic heterocycles. The first-order chi connectivity index (χ1) is 8.15. The Morgan fingerprint density at radius 2 is 2.06 bits per heavy atom. The molecule has 3 heteroatoms. The van der Waals surface area contributed by atoms with Crippen molar-refractivity contribution in [3.8, 4) is 0 Å². The van der Waals surface area contributed by atoms with Gasteiger partial charge in [0.05, 0.1) is 0 Å². The topological polar surface area (TPSA) is 17.1 Å². The molecule has 1 aromatic carbocycles. The Kier molecular flexibility index (Phi) is 4.16. The summed E-state index contributed by atoms with van der Waals surface area (Å²) in [6, 6.07) is 4.49. The average Bonchev–Trinajstić information content (AvgIpc) is 2.75. The number of rotatable bonds is 4. The fourth-order valence-electron chi connectivity index (χ4n) is 2.49. The Hall–Kier alpha value is -0.890. The molecule has 0 radical (unpaired) electrons. The number of benzene rings is 1. The molecule has 0 atom stereocenters. The fourth-order valence-corrected chi connectivity index (χ4v) is 2.64. The van der Waals surface area contributed by atoms with Gasteiger partial charge in [-0.1, -0.05) is 43.4 Å². The summed E-state index contributed by atoms with van der Waals surface area (Å²) in [5.41, 5.74) is 0.456. The number of hydrogen-bond donors (Lipinski definition) is 0. The minimum atomic E-state index is -0.378. The van der Waals surface area contributed by atoms with Crippen LogP contribution in [-0.4, -0.2) is 5.78 Å². The summed E-state index contributed by atoms with van der Waals surface area (Å²) >= 11 is 5.67. The Bertz CT molecular complexity index is 411. The van der Waals surface area contributed by atoms with Crippen LogP contribution < -0.4 is 0 Å². The minimum absolute atomic E-state index is 0.137. The van der Waals surface area contributed by atoms with Crippen LogP contribution in [0.15, 0.2) is 18.2 Å². The lowest BCUT2D eigenvalue weighted by molar-refractivity contribution is -0.119. The van der Waals surface area contributed by atoms with E-state index >= 15 is 0 Å². The molecule has 1 fully saturated rings. The van der Waals surface area contributed by atoms with Crippen LogP contribution >= 0.6 is 11.6 Å². The SMILES string of the molecule is O=C(Cc1ccc(Cl)cc1F)CC1CCCC1. The van der Waals surface area contributed by atoms with E-state index in [0.29, 0.717) is 22.9 Å². The third kappa shape index (κ3) is 3.53. The molecule has 1 nitrogen and oxygen atoms in total. The molecule has 0 unspecified atom stereocenters. The third-order valence-corrected chi connectivity index (χ3v) is 3.63. The van der Waals surface area contributed by atoms with Crippen molar-refractivity contribution in [1.82, 2.24) is 0 Å². The number of halogens is 2. The number of Topliss-reactive ketones (excluding diaryl/α,β-unsaturated/α-hetero) is 1. The molecule has 17 heavy (non-hydrogen) atoms. The first-order valence-electron chi connectivity index (χ1n) is 6.11. The van der Waals surface area contributed by atoms with Crippen LogP contribution in [-0.2, 0) is 11.2 Å². The molecule has 0 bridgehead atoms. The smallest absolute Gasteiger partial charge is 0.137 e. The van der Waals surface area contributed by atoms with E-state index in [9.17, 15) is 9.18 Å². The van der Waals surface area contributed by atoms with E-state index in [-0.39, 0.29) is 18.0 Å². The van der Waals surface area contributed by atoms with Crippen molar-refractivity contribution < 1.29 is 9.18 Å². The quantitative estimate of drug-likeness (QED) is 0.788. The van der Waals surface area contributed by atoms with Gasteiger partial charge in [-0.15, -0.1) is 0 Å². The first-order valence-corrected chi connectivity index (χ1v) is 6.48. The zero-order valence-electron chi connectivity index (χ0n) is 9.72. The molecular formula is C14H16ClFO. The number of hydrogen-bond acceptors (Lipinski definition) is 1. The van der Waals surface area contributed by atoms with Crippen molar-refractivity contribution >= 4 is 17.4 Å². The fraction of sp³-hybridized carbons (Fsp3) is 0.500. The number of carbonyl (C=O) groups is 1. The highest BCUT2D eigenvalue weighted by Crippen LogP contribution is 2.28. The lowest BCUT2D eigenvalue weighted by atomic mass is 9.97. The second-order valence-corrected chi connectivity index (χ2v) is 5.24. The average molecular weight is 255 g/mol. The van der Waals surface area contributed by atoms with Gasteiger partial charge < -0.3 is 0 Å². The first kappa shape index (κ1) is 12.6. The molecule has 1 aliphatic carbocycles. The van der Waals surface area contributed by atoms with Crippen LogP contribution in [0.4, 0.5) is 4.39 Å². The highest BCUT2D eigenvalue weighted by molar-refractivity contribution is 6.30. The normalized spacial score (nSPS) is 16.4. The summed E-state index contributed by atoms with van der Waals surface area (Å²) in [6.07, 6.45) is 5.55. The highest BCUT2D eigenvalue weighted by Gasteiger charge is 2.19. The van der Waals surface area contributed by atoms with Crippen molar-refractivity contribution in [2.75, 3.05) is 0 Å². The predicted octanol–water partition coefficient (Wildman–Crippen LogP) is 4.17. The molecule has 2 rings (SSSR count).